The van der Waals surface area contributed by atoms with Crippen LogP contribution in [0.25, 0.3) is 0 Å². The van der Waals surface area contributed by atoms with Crippen LogP contribution in [0.3, 0.4) is 0 Å². The highest BCUT2D eigenvalue weighted by Crippen LogP contribution is 2.15. The highest BCUT2D eigenvalue weighted by atomic mass is 16.4. The first-order valence-electron chi connectivity index (χ1n) is 6.86. The Labute approximate surface area is 113 Å². The Hall–Kier alpha value is -1.33. The van der Waals surface area contributed by atoms with E-state index in [-0.39, 0.29) is 12.5 Å². The molecule has 0 aliphatic carbocycles. The Morgan fingerprint density at radius 2 is 2.47 bits per heavy atom. The van der Waals surface area contributed by atoms with Crippen LogP contribution in [-0.2, 0) is 11.3 Å². The van der Waals surface area contributed by atoms with Gasteiger partial charge in [-0.05, 0) is 38.4 Å². The second-order valence-corrected chi connectivity index (χ2v) is 5.23. The summed E-state index contributed by atoms with van der Waals surface area (Å²) in [6.45, 7) is 4.82. The Morgan fingerprint density at radius 3 is 3.16 bits per heavy atom. The van der Waals surface area contributed by atoms with E-state index in [1.165, 1.54) is 0 Å². The summed E-state index contributed by atoms with van der Waals surface area (Å²) in [5.41, 5.74) is 0. The molecule has 1 fully saturated rings. The van der Waals surface area contributed by atoms with Crippen molar-refractivity contribution in [1.29, 1.82) is 0 Å². The van der Waals surface area contributed by atoms with Crippen molar-refractivity contribution in [2.75, 3.05) is 13.1 Å². The minimum Gasteiger partial charge on any atom is -0.481 e. The van der Waals surface area contributed by atoms with E-state index in [1.807, 2.05) is 12.1 Å². The molecule has 1 aromatic heterocycles. The average Bonchev–Trinajstić information content (AvgIpc) is 2.80. The Bertz CT molecular complexity index is 391. The maximum Gasteiger partial charge on any atom is 0.303 e. The van der Waals surface area contributed by atoms with Gasteiger partial charge < -0.3 is 14.8 Å². The number of hydrogen-bond acceptors (Lipinski definition) is 4. The minimum absolute atomic E-state index is 0.223. The molecule has 5 heteroatoms. The van der Waals surface area contributed by atoms with Crippen LogP contribution < -0.4 is 5.32 Å². The van der Waals surface area contributed by atoms with Gasteiger partial charge in [0.25, 0.3) is 0 Å². The molecule has 5 nitrogen and oxygen atoms in total. The zero-order valence-corrected chi connectivity index (χ0v) is 11.3. The minimum atomic E-state index is -0.725. The van der Waals surface area contributed by atoms with Gasteiger partial charge in [0.2, 0.25) is 0 Å². The second kappa shape index (κ2) is 6.73. The lowest BCUT2D eigenvalue weighted by atomic mass is 10.1. The number of nitrogens with one attached hydrogen (secondary N) is 1. The fourth-order valence-electron chi connectivity index (χ4n) is 2.52. The molecule has 0 amide bonds. The normalized spacial score (nSPS) is 25.1. The van der Waals surface area contributed by atoms with E-state index in [9.17, 15) is 4.79 Å². The number of hydrogen-bond donors (Lipinski definition) is 2. The van der Waals surface area contributed by atoms with E-state index < -0.39 is 5.97 Å². The summed E-state index contributed by atoms with van der Waals surface area (Å²) in [7, 11) is 0. The summed E-state index contributed by atoms with van der Waals surface area (Å²) in [5.74, 6) is 0.238. The molecule has 106 valence electrons. The van der Waals surface area contributed by atoms with Gasteiger partial charge in [0, 0.05) is 25.0 Å². The zero-order valence-electron chi connectivity index (χ0n) is 11.3. The van der Waals surface area contributed by atoms with Gasteiger partial charge in [-0.15, -0.1) is 0 Å². The number of furan rings is 1. The van der Waals surface area contributed by atoms with Crippen molar-refractivity contribution in [2.45, 2.75) is 44.8 Å². The molecule has 0 spiro atoms. The molecule has 0 aromatic carbocycles. The van der Waals surface area contributed by atoms with Crippen LogP contribution in [0.4, 0.5) is 0 Å². The van der Waals surface area contributed by atoms with Crippen molar-refractivity contribution in [1.82, 2.24) is 10.2 Å². The number of carbonyl (C=O) groups is 1. The van der Waals surface area contributed by atoms with Crippen LogP contribution in [0, 0.1) is 0 Å². The van der Waals surface area contributed by atoms with Crippen LogP contribution in [0.1, 0.15) is 31.9 Å². The fourth-order valence-corrected chi connectivity index (χ4v) is 2.52. The molecule has 19 heavy (non-hydrogen) atoms. The van der Waals surface area contributed by atoms with Crippen molar-refractivity contribution in [3.63, 3.8) is 0 Å². The van der Waals surface area contributed by atoms with E-state index in [0.717, 1.165) is 31.8 Å². The largest absolute Gasteiger partial charge is 0.481 e. The van der Waals surface area contributed by atoms with Gasteiger partial charge in [-0.25, -0.2) is 0 Å². The zero-order chi connectivity index (χ0) is 13.7. The monoisotopic (exact) mass is 266 g/mol. The highest BCUT2D eigenvalue weighted by molar-refractivity contribution is 5.66. The van der Waals surface area contributed by atoms with Crippen molar-refractivity contribution in [2.24, 2.45) is 0 Å². The van der Waals surface area contributed by atoms with Crippen molar-refractivity contribution in [3.8, 4) is 0 Å². The molecule has 2 unspecified atom stereocenters. The van der Waals surface area contributed by atoms with Gasteiger partial charge in [0.1, 0.15) is 5.76 Å². The third-order valence-corrected chi connectivity index (χ3v) is 3.72. The quantitative estimate of drug-likeness (QED) is 0.849. The van der Waals surface area contributed by atoms with E-state index in [4.69, 9.17) is 9.52 Å². The van der Waals surface area contributed by atoms with Crippen LogP contribution in [0.2, 0.25) is 0 Å². The molecule has 0 bridgehead atoms. The number of rotatable bonds is 5. The molecular weight excluding hydrogens is 244 g/mol. The maximum absolute atomic E-state index is 10.7. The van der Waals surface area contributed by atoms with E-state index in [2.05, 4.69) is 17.1 Å². The van der Waals surface area contributed by atoms with Gasteiger partial charge in [-0.2, -0.15) is 0 Å². The summed E-state index contributed by atoms with van der Waals surface area (Å²) in [6.07, 6.45) is 3.67. The molecule has 1 aromatic rings. The van der Waals surface area contributed by atoms with Crippen molar-refractivity contribution in [3.05, 3.63) is 24.2 Å². The lowest BCUT2D eigenvalue weighted by molar-refractivity contribution is -0.137. The first kappa shape index (κ1) is 14.1. The van der Waals surface area contributed by atoms with Crippen molar-refractivity contribution >= 4 is 5.97 Å². The van der Waals surface area contributed by atoms with Gasteiger partial charge in [-0.3, -0.25) is 9.69 Å². The molecule has 2 heterocycles. The first-order valence-corrected chi connectivity index (χ1v) is 6.86. The predicted octanol–water partition coefficient (Wildman–Crippen LogP) is 1.70. The summed E-state index contributed by atoms with van der Waals surface area (Å²) >= 11 is 0. The standard InChI is InChI=1S/C14H22N2O3/c1-11-6-7-15-12(4-5-14(17)18)9-16(11)10-13-3-2-8-19-13/h2-3,8,11-12,15H,4-7,9-10H2,1H3,(H,17,18). The second-order valence-electron chi connectivity index (χ2n) is 5.23. The molecular formula is C14H22N2O3. The van der Waals surface area contributed by atoms with Gasteiger partial charge in [-0.1, -0.05) is 0 Å². The molecule has 0 saturated carbocycles. The fraction of sp³-hybridized carbons (Fsp3) is 0.643. The summed E-state index contributed by atoms with van der Waals surface area (Å²) in [4.78, 5) is 13.0. The smallest absolute Gasteiger partial charge is 0.303 e. The molecule has 1 aliphatic rings. The number of carboxylic acids is 1. The molecule has 2 rings (SSSR count). The molecule has 0 radical (unpaired) electrons. The number of nitrogens with zero attached hydrogens (tertiary/aromatic N) is 1. The van der Waals surface area contributed by atoms with Crippen LogP contribution >= 0.6 is 0 Å². The van der Waals surface area contributed by atoms with Crippen LogP contribution in [0.15, 0.2) is 22.8 Å². The molecule has 2 atom stereocenters. The molecule has 1 saturated heterocycles. The SMILES string of the molecule is CC1CCNC(CCC(=O)O)CN1Cc1ccco1. The van der Waals surface area contributed by atoms with Crippen LogP contribution in [-0.4, -0.2) is 41.1 Å². The third-order valence-electron chi connectivity index (χ3n) is 3.72. The maximum atomic E-state index is 10.7. The highest BCUT2D eigenvalue weighted by Gasteiger charge is 2.23. The Kier molecular flexibility index (Phi) is 4.99. The lowest BCUT2D eigenvalue weighted by Gasteiger charge is -2.28. The van der Waals surface area contributed by atoms with Gasteiger partial charge >= 0.3 is 5.97 Å². The third kappa shape index (κ3) is 4.36. The van der Waals surface area contributed by atoms with Gasteiger partial charge in [0.05, 0.1) is 12.8 Å². The summed E-state index contributed by atoms with van der Waals surface area (Å²) < 4.78 is 5.40. The lowest BCUT2D eigenvalue weighted by Crippen LogP contribution is -2.39. The summed E-state index contributed by atoms with van der Waals surface area (Å²) in [6, 6.07) is 4.61. The number of aliphatic carboxylic acids is 1. The Balaban J connectivity index is 1.92. The van der Waals surface area contributed by atoms with E-state index in [0.29, 0.717) is 12.5 Å². The summed E-state index contributed by atoms with van der Waals surface area (Å²) in [5, 5.41) is 12.2. The van der Waals surface area contributed by atoms with E-state index in [1.54, 1.807) is 6.26 Å². The predicted molar refractivity (Wildman–Crippen MR) is 71.9 cm³/mol. The topological polar surface area (TPSA) is 65.7 Å². The van der Waals surface area contributed by atoms with Crippen molar-refractivity contribution < 1.29 is 14.3 Å². The first-order chi connectivity index (χ1) is 9.15. The van der Waals surface area contributed by atoms with Gasteiger partial charge in [0.15, 0.2) is 0 Å². The molecule has 2 N–H and O–H groups in total. The Morgan fingerprint density at radius 1 is 1.63 bits per heavy atom. The molecule has 1 aliphatic heterocycles. The van der Waals surface area contributed by atoms with E-state index >= 15 is 0 Å². The average molecular weight is 266 g/mol. The van der Waals surface area contributed by atoms with Crippen LogP contribution in [0.5, 0.6) is 0 Å². The number of carboxylic acid groups (broad SMARTS) is 1.